The Morgan fingerprint density at radius 1 is 1.29 bits per heavy atom. The van der Waals surface area contributed by atoms with E-state index in [1.54, 1.807) is 20.8 Å². The summed E-state index contributed by atoms with van der Waals surface area (Å²) in [5.41, 5.74) is 0.328. The van der Waals surface area contributed by atoms with Gasteiger partial charge in [-0.05, 0) is 45.1 Å². The van der Waals surface area contributed by atoms with Crippen molar-refractivity contribution in [3.63, 3.8) is 0 Å². The first-order chi connectivity index (χ1) is 14.8. The van der Waals surface area contributed by atoms with Crippen LogP contribution in [0.4, 0.5) is 0 Å². The van der Waals surface area contributed by atoms with Gasteiger partial charge in [0.25, 0.3) is 11.8 Å². The Labute approximate surface area is 183 Å². The average Bonchev–Trinajstić information content (AvgIpc) is 3.49. The molecular formula is C19H22N4O6S2. The quantitative estimate of drug-likeness (QED) is 0.503. The average molecular weight is 467 g/mol. The number of hydrogen-bond acceptors (Lipinski definition) is 10. The van der Waals surface area contributed by atoms with Crippen LogP contribution in [0, 0.1) is 19.8 Å². The Bertz CT molecular complexity index is 1140. The van der Waals surface area contributed by atoms with E-state index in [9.17, 15) is 13.2 Å². The molecule has 166 valence electrons. The summed E-state index contributed by atoms with van der Waals surface area (Å²) in [6, 6.07) is 3.74. The van der Waals surface area contributed by atoms with E-state index in [1.807, 2.05) is 17.5 Å². The highest BCUT2D eigenvalue weighted by molar-refractivity contribution is 7.89. The van der Waals surface area contributed by atoms with Gasteiger partial charge in [-0.15, -0.1) is 21.5 Å². The molecule has 1 fully saturated rings. The van der Waals surface area contributed by atoms with Gasteiger partial charge in [0.05, 0.1) is 10.8 Å². The van der Waals surface area contributed by atoms with Crippen molar-refractivity contribution in [1.29, 1.82) is 0 Å². The summed E-state index contributed by atoms with van der Waals surface area (Å²) in [6.07, 6.45) is 0.0226. The minimum Gasteiger partial charge on any atom is -0.452 e. The van der Waals surface area contributed by atoms with Crippen molar-refractivity contribution in [2.45, 2.75) is 44.6 Å². The molecule has 4 rings (SSSR count). The van der Waals surface area contributed by atoms with Crippen molar-refractivity contribution in [1.82, 2.24) is 19.7 Å². The van der Waals surface area contributed by atoms with Gasteiger partial charge in [0.15, 0.2) is 11.9 Å². The molecule has 0 bridgehead atoms. The van der Waals surface area contributed by atoms with Gasteiger partial charge in [0, 0.05) is 13.1 Å². The minimum absolute atomic E-state index is 0.0973. The van der Waals surface area contributed by atoms with Crippen molar-refractivity contribution in [3.05, 3.63) is 34.9 Å². The lowest BCUT2D eigenvalue weighted by Crippen LogP contribution is -2.41. The number of carbonyl (C=O) groups excluding carboxylic acids is 1. The molecule has 1 unspecified atom stereocenters. The zero-order chi connectivity index (χ0) is 22.2. The molecule has 1 atom stereocenters. The second-order valence-electron chi connectivity index (χ2n) is 7.33. The van der Waals surface area contributed by atoms with Crippen LogP contribution in [0.25, 0.3) is 10.8 Å². The predicted molar refractivity (Wildman–Crippen MR) is 110 cm³/mol. The van der Waals surface area contributed by atoms with Gasteiger partial charge in [-0.2, -0.15) is 4.31 Å². The van der Waals surface area contributed by atoms with E-state index in [-0.39, 0.29) is 29.6 Å². The highest BCUT2D eigenvalue weighted by Crippen LogP contribution is 2.30. The third-order valence-corrected chi connectivity index (χ3v) is 8.17. The zero-order valence-electron chi connectivity index (χ0n) is 17.3. The van der Waals surface area contributed by atoms with Crippen molar-refractivity contribution in [3.8, 4) is 10.8 Å². The highest BCUT2D eigenvalue weighted by Gasteiger charge is 2.36. The van der Waals surface area contributed by atoms with E-state index in [0.717, 1.165) is 4.88 Å². The first kappa shape index (κ1) is 21.7. The van der Waals surface area contributed by atoms with E-state index < -0.39 is 28.0 Å². The number of hydrogen-bond donors (Lipinski definition) is 0. The van der Waals surface area contributed by atoms with Gasteiger partial charge < -0.3 is 13.7 Å². The number of aryl methyl sites for hydroxylation is 2. The van der Waals surface area contributed by atoms with Crippen LogP contribution in [0.2, 0.25) is 0 Å². The Morgan fingerprint density at radius 3 is 2.65 bits per heavy atom. The van der Waals surface area contributed by atoms with Gasteiger partial charge in [-0.1, -0.05) is 11.2 Å². The first-order valence-corrected chi connectivity index (χ1v) is 12.1. The molecule has 0 aliphatic carbocycles. The number of carbonyl (C=O) groups is 1. The Hall–Kier alpha value is -2.57. The van der Waals surface area contributed by atoms with E-state index in [0.29, 0.717) is 24.4 Å². The van der Waals surface area contributed by atoms with E-state index in [4.69, 9.17) is 13.7 Å². The molecule has 0 aromatic carbocycles. The van der Waals surface area contributed by atoms with Crippen LogP contribution in [0.3, 0.4) is 0 Å². The Balaban J connectivity index is 1.35. The summed E-state index contributed by atoms with van der Waals surface area (Å²) in [4.78, 5) is 13.5. The molecule has 3 aromatic heterocycles. The molecule has 12 heteroatoms. The smallest absolute Gasteiger partial charge is 0.309 e. The molecule has 1 aliphatic rings. The summed E-state index contributed by atoms with van der Waals surface area (Å²) >= 11 is 1.47. The molecule has 4 heterocycles. The monoisotopic (exact) mass is 466 g/mol. The molecule has 0 radical (unpaired) electrons. The summed E-state index contributed by atoms with van der Waals surface area (Å²) in [7, 11) is -3.72. The van der Waals surface area contributed by atoms with Gasteiger partial charge in [0.1, 0.15) is 10.6 Å². The first-order valence-electron chi connectivity index (χ1n) is 9.78. The number of ether oxygens (including phenoxy) is 1. The molecule has 0 saturated carbocycles. The SMILES string of the molecule is Cc1noc(C)c1S(=O)(=O)N1CCC(C(=O)OC(C)c2nnc(-c3cccs3)o2)CC1. The maximum absolute atomic E-state index is 12.9. The largest absolute Gasteiger partial charge is 0.452 e. The summed E-state index contributed by atoms with van der Waals surface area (Å²) < 4.78 is 43.3. The van der Waals surface area contributed by atoms with Gasteiger partial charge in [-0.25, -0.2) is 8.42 Å². The molecule has 31 heavy (non-hydrogen) atoms. The third kappa shape index (κ3) is 4.27. The molecule has 0 spiro atoms. The van der Waals surface area contributed by atoms with Crippen LogP contribution in [0.1, 0.15) is 43.2 Å². The highest BCUT2D eigenvalue weighted by atomic mass is 32.2. The number of esters is 1. The number of rotatable bonds is 6. The van der Waals surface area contributed by atoms with Crippen molar-refractivity contribution in [2.24, 2.45) is 5.92 Å². The van der Waals surface area contributed by atoms with Crippen molar-refractivity contribution < 1.29 is 26.9 Å². The maximum Gasteiger partial charge on any atom is 0.309 e. The van der Waals surface area contributed by atoms with E-state index in [1.165, 1.54) is 15.6 Å². The van der Waals surface area contributed by atoms with Crippen LogP contribution < -0.4 is 0 Å². The lowest BCUT2D eigenvalue weighted by atomic mass is 9.98. The second-order valence-corrected chi connectivity index (χ2v) is 10.2. The van der Waals surface area contributed by atoms with Gasteiger partial charge >= 0.3 is 5.97 Å². The number of piperidine rings is 1. The van der Waals surface area contributed by atoms with Crippen LogP contribution in [0.5, 0.6) is 0 Å². The standard InChI is InChI=1S/C19H22N4O6S2/c1-11-16(12(2)29-22-11)31(25,26)23-8-6-14(7-9-23)19(24)27-13(3)17-20-21-18(28-17)15-5-4-10-30-15/h4-5,10,13-14H,6-9H2,1-3H3. The number of thiophene rings is 1. The van der Waals surface area contributed by atoms with Gasteiger partial charge in [0.2, 0.25) is 10.0 Å². The van der Waals surface area contributed by atoms with E-state index >= 15 is 0 Å². The molecule has 1 aliphatic heterocycles. The number of nitrogens with zero attached hydrogens (tertiary/aromatic N) is 4. The van der Waals surface area contributed by atoms with E-state index in [2.05, 4.69) is 15.4 Å². The molecule has 0 amide bonds. The van der Waals surface area contributed by atoms with Gasteiger partial charge in [-0.3, -0.25) is 4.79 Å². The summed E-state index contributed by atoms with van der Waals surface area (Å²) in [5.74, 6) is 0.0475. The molecular weight excluding hydrogens is 444 g/mol. The van der Waals surface area contributed by atoms with Crippen LogP contribution in [0.15, 0.2) is 31.3 Å². The second kappa shape index (κ2) is 8.52. The summed E-state index contributed by atoms with van der Waals surface area (Å²) in [5, 5.41) is 13.6. The Kier molecular flexibility index (Phi) is 5.95. The molecule has 0 N–H and O–H groups in total. The van der Waals surface area contributed by atoms with Crippen molar-refractivity contribution in [2.75, 3.05) is 13.1 Å². The van der Waals surface area contributed by atoms with Crippen molar-refractivity contribution >= 4 is 27.3 Å². The molecule has 1 saturated heterocycles. The molecule has 10 nitrogen and oxygen atoms in total. The maximum atomic E-state index is 12.9. The minimum atomic E-state index is -3.72. The fourth-order valence-electron chi connectivity index (χ4n) is 3.52. The predicted octanol–water partition coefficient (Wildman–Crippen LogP) is 3.11. The molecule has 3 aromatic rings. The number of sulfonamides is 1. The third-order valence-electron chi connectivity index (χ3n) is 5.17. The summed E-state index contributed by atoms with van der Waals surface area (Å²) in [6.45, 7) is 5.25. The lowest BCUT2D eigenvalue weighted by Gasteiger charge is -2.30. The lowest BCUT2D eigenvalue weighted by molar-refractivity contribution is -0.156. The van der Waals surface area contributed by atoms with Crippen LogP contribution in [-0.4, -0.2) is 47.1 Å². The number of aromatic nitrogens is 3. The topological polar surface area (TPSA) is 129 Å². The van der Waals surface area contributed by atoms with Crippen LogP contribution in [-0.2, 0) is 19.6 Å². The normalized spacial score (nSPS) is 17.0. The fourth-order valence-corrected chi connectivity index (χ4v) is 5.93. The van der Waals surface area contributed by atoms with Crippen LogP contribution >= 0.6 is 11.3 Å². The fraction of sp³-hybridized carbons (Fsp3) is 0.474. The Morgan fingerprint density at radius 2 is 2.03 bits per heavy atom. The zero-order valence-corrected chi connectivity index (χ0v) is 18.9.